The smallest absolute Gasteiger partial charge is 0.141 e. The van der Waals surface area contributed by atoms with E-state index in [1.807, 2.05) is 38.1 Å². The van der Waals surface area contributed by atoms with E-state index in [2.05, 4.69) is 5.32 Å². The van der Waals surface area contributed by atoms with Gasteiger partial charge in [-0.25, -0.2) is 4.39 Å². The monoisotopic (exact) mass is 311 g/mol. The van der Waals surface area contributed by atoms with Gasteiger partial charge < -0.3 is 5.32 Å². The van der Waals surface area contributed by atoms with E-state index in [0.29, 0.717) is 0 Å². The van der Waals surface area contributed by atoms with Crippen molar-refractivity contribution >= 4 is 23.2 Å². The summed E-state index contributed by atoms with van der Waals surface area (Å²) in [6, 6.07) is 12.6. The molecular formula is C16H16Cl2FN. The lowest BCUT2D eigenvalue weighted by molar-refractivity contribution is 0.494. The van der Waals surface area contributed by atoms with E-state index in [0.717, 1.165) is 16.1 Å². The lowest BCUT2D eigenvalue weighted by atomic mass is 10.0. The van der Waals surface area contributed by atoms with Gasteiger partial charge in [0.2, 0.25) is 0 Å². The van der Waals surface area contributed by atoms with Gasteiger partial charge in [-0.05, 0) is 43.2 Å². The van der Waals surface area contributed by atoms with Crippen molar-refractivity contribution in [3.63, 3.8) is 0 Å². The highest BCUT2D eigenvalue weighted by molar-refractivity contribution is 6.31. The van der Waals surface area contributed by atoms with Crippen LogP contribution in [-0.4, -0.2) is 0 Å². The number of benzene rings is 2. The summed E-state index contributed by atoms with van der Waals surface area (Å²) >= 11 is 12.0. The van der Waals surface area contributed by atoms with Gasteiger partial charge in [0.05, 0.1) is 5.02 Å². The molecular weight excluding hydrogens is 296 g/mol. The highest BCUT2D eigenvalue weighted by Crippen LogP contribution is 2.26. The van der Waals surface area contributed by atoms with Gasteiger partial charge in [0.15, 0.2) is 0 Å². The van der Waals surface area contributed by atoms with Gasteiger partial charge in [-0.15, -0.1) is 0 Å². The molecule has 0 aliphatic rings. The Bertz CT molecular complexity index is 601. The van der Waals surface area contributed by atoms with E-state index in [4.69, 9.17) is 23.2 Å². The van der Waals surface area contributed by atoms with Crippen LogP contribution >= 0.6 is 23.2 Å². The quantitative estimate of drug-likeness (QED) is 0.781. The topological polar surface area (TPSA) is 12.0 Å². The summed E-state index contributed by atoms with van der Waals surface area (Å²) < 4.78 is 13.2. The van der Waals surface area contributed by atoms with Crippen LogP contribution in [0, 0.1) is 5.82 Å². The maximum absolute atomic E-state index is 13.2. The predicted molar refractivity (Wildman–Crippen MR) is 82.8 cm³/mol. The molecule has 1 N–H and O–H groups in total. The van der Waals surface area contributed by atoms with Gasteiger partial charge in [0.1, 0.15) is 5.82 Å². The highest BCUT2D eigenvalue weighted by Gasteiger charge is 2.14. The van der Waals surface area contributed by atoms with E-state index in [9.17, 15) is 4.39 Å². The Balaban J connectivity index is 2.13. The summed E-state index contributed by atoms with van der Waals surface area (Å²) in [7, 11) is 0. The Hall–Kier alpha value is -1.09. The summed E-state index contributed by atoms with van der Waals surface area (Å²) in [5, 5.41) is 4.31. The van der Waals surface area contributed by atoms with Crippen molar-refractivity contribution in [1.82, 2.24) is 5.32 Å². The Kier molecular flexibility index (Phi) is 5.03. The molecule has 106 valence electrons. The highest BCUT2D eigenvalue weighted by atomic mass is 35.5. The minimum Gasteiger partial charge on any atom is -0.304 e. The molecule has 0 amide bonds. The molecule has 0 aliphatic carbocycles. The summed E-state index contributed by atoms with van der Waals surface area (Å²) in [5.74, 6) is -0.401. The van der Waals surface area contributed by atoms with Crippen LogP contribution in [0.3, 0.4) is 0 Å². The zero-order valence-electron chi connectivity index (χ0n) is 11.3. The number of halogens is 3. The van der Waals surface area contributed by atoms with E-state index < -0.39 is 5.82 Å². The molecule has 0 saturated carbocycles. The molecule has 0 saturated heterocycles. The van der Waals surface area contributed by atoms with Crippen molar-refractivity contribution in [2.45, 2.75) is 25.9 Å². The van der Waals surface area contributed by atoms with Gasteiger partial charge in [-0.3, -0.25) is 0 Å². The summed E-state index contributed by atoms with van der Waals surface area (Å²) in [4.78, 5) is 0. The van der Waals surface area contributed by atoms with Gasteiger partial charge in [0.25, 0.3) is 0 Å². The molecule has 0 aliphatic heterocycles. The van der Waals surface area contributed by atoms with Gasteiger partial charge >= 0.3 is 0 Å². The summed E-state index contributed by atoms with van der Waals surface area (Å²) in [5.41, 5.74) is 1.98. The van der Waals surface area contributed by atoms with Crippen molar-refractivity contribution < 1.29 is 4.39 Å². The lowest BCUT2D eigenvalue weighted by Gasteiger charge is -2.21. The van der Waals surface area contributed by atoms with E-state index >= 15 is 0 Å². The minimum atomic E-state index is -0.401. The number of hydrogen-bond donors (Lipinski definition) is 1. The standard InChI is InChI=1S/C16H16Cl2FN/c1-10(12-7-8-16(19)15(18)9-12)20-11(2)13-5-3-4-6-14(13)17/h3-11,20H,1-2H3/t10?,11-/m1/s1. The minimum absolute atomic E-state index is 0.0411. The van der Waals surface area contributed by atoms with Crippen LogP contribution in [0.25, 0.3) is 0 Å². The molecule has 2 rings (SSSR count). The molecule has 20 heavy (non-hydrogen) atoms. The number of nitrogens with one attached hydrogen (secondary N) is 1. The third-order valence-electron chi connectivity index (χ3n) is 3.32. The van der Waals surface area contributed by atoms with Crippen molar-refractivity contribution in [1.29, 1.82) is 0 Å². The van der Waals surface area contributed by atoms with E-state index in [1.165, 1.54) is 6.07 Å². The van der Waals surface area contributed by atoms with Crippen molar-refractivity contribution in [2.24, 2.45) is 0 Å². The average Bonchev–Trinajstić information content (AvgIpc) is 2.42. The Morgan fingerprint density at radius 3 is 2.30 bits per heavy atom. The Morgan fingerprint density at radius 1 is 0.950 bits per heavy atom. The number of rotatable bonds is 4. The molecule has 2 atom stereocenters. The normalized spacial score (nSPS) is 14.1. The first-order valence-corrected chi connectivity index (χ1v) is 7.20. The molecule has 4 heteroatoms. The second-order valence-electron chi connectivity index (χ2n) is 4.81. The average molecular weight is 312 g/mol. The largest absolute Gasteiger partial charge is 0.304 e. The van der Waals surface area contributed by atoms with Crippen LogP contribution in [0.2, 0.25) is 10.0 Å². The van der Waals surface area contributed by atoms with Crippen LogP contribution in [0.5, 0.6) is 0 Å². The second-order valence-corrected chi connectivity index (χ2v) is 5.62. The molecule has 1 unspecified atom stereocenters. The zero-order chi connectivity index (χ0) is 14.7. The maximum Gasteiger partial charge on any atom is 0.141 e. The molecule has 0 radical (unpaired) electrons. The van der Waals surface area contributed by atoms with Crippen molar-refractivity contribution in [2.75, 3.05) is 0 Å². The Labute approximate surface area is 128 Å². The van der Waals surface area contributed by atoms with Crippen LogP contribution < -0.4 is 5.32 Å². The molecule has 1 nitrogen and oxygen atoms in total. The molecule has 2 aromatic carbocycles. The van der Waals surface area contributed by atoms with Crippen LogP contribution in [-0.2, 0) is 0 Å². The van der Waals surface area contributed by atoms with E-state index in [-0.39, 0.29) is 17.1 Å². The summed E-state index contributed by atoms with van der Waals surface area (Å²) in [6.45, 7) is 4.06. The third-order valence-corrected chi connectivity index (χ3v) is 3.95. The third kappa shape index (κ3) is 3.51. The van der Waals surface area contributed by atoms with Gasteiger partial charge in [-0.1, -0.05) is 47.5 Å². The van der Waals surface area contributed by atoms with Crippen molar-refractivity contribution in [3.05, 3.63) is 69.5 Å². The zero-order valence-corrected chi connectivity index (χ0v) is 12.8. The molecule has 0 heterocycles. The maximum atomic E-state index is 13.2. The lowest BCUT2D eigenvalue weighted by Crippen LogP contribution is -2.22. The van der Waals surface area contributed by atoms with Gasteiger partial charge in [0, 0.05) is 17.1 Å². The SMILES string of the molecule is CC(N[C@H](C)c1ccccc1Cl)c1ccc(F)c(Cl)c1. The van der Waals surface area contributed by atoms with Crippen molar-refractivity contribution in [3.8, 4) is 0 Å². The van der Waals surface area contributed by atoms with E-state index in [1.54, 1.807) is 12.1 Å². The summed E-state index contributed by atoms with van der Waals surface area (Å²) in [6.07, 6.45) is 0. The van der Waals surface area contributed by atoms with Crippen LogP contribution in [0.1, 0.15) is 37.1 Å². The fourth-order valence-corrected chi connectivity index (χ4v) is 2.66. The van der Waals surface area contributed by atoms with Crippen LogP contribution in [0.4, 0.5) is 4.39 Å². The molecule has 0 aromatic heterocycles. The van der Waals surface area contributed by atoms with Crippen LogP contribution in [0.15, 0.2) is 42.5 Å². The number of hydrogen-bond acceptors (Lipinski definition) is 1. The first kappa shape index (κ1) is 15.3. The molecule has 0 fully saturated rings. The first-order valence-electron chi connectivity index (χ1n) is 6.44. The molecule has 0 spiro atoms. The fourth-order valence-electron chi connectivity index (χ4n) is 2.17. The van der Waals surface area contributed by atoms with Gasteiger partial charge in [-0.2, -0.15) is 0 Å². The Morgan fingerprint density at radius 2 is 1.65 bits per heavy atom. The predicted octanol–water partition coefficient (Wildman–Crippen LogP) is 5.54. The second kappa shape index (κ2) is 6.57. The molecule has 2 aromatic rings. The fraction of sp³-hybridized carbons (Fsp3) is 0.250. The first-order chi connectivity index (χ1) is 9.49. The molecule has 0 bridgehead atoms.